The number of ether oxygens (including phenoxy) is 2. The highest BCUT2D eigenvalue weighted by atomic mass is 16.5. The average Bonchev–Trinajstić information content (AvgIpc) is 4.03. The lowest BCUT2D eigenvalue weighted by Gasteiger charge is -2.33. The summed E-state index contributed by atoms with van der Waals surface area (Å²) in [5.74, 6) is 3.47. The van der Waals surface area contributed by atoms with E-state index in [9.17, 15) is 19.2 Å². The second kappa shape index (κ2) is 16.8. The summed E-state index contributed by atoms with van der Waals surface area (Å²) in [6.07, 6.45) is 16.1. The van der Waals surface area contributed by atoms with Crippen molar-refractivity contribution in [2.24, 2.45) is 5.92 Å². The molecule has 4 N–H and O–H groups in total. The van der Waals surface area contributed by atoms with E-state index in [0.717, 1.165) is 73.5 Å². The second-order valence-electron chi connectivity index (χ2n) is 15.3. The number of aromatic nitrogens is 4. The number of hydrogen-bond acceptors (Lipinski definition) is 8. The van der Waals surface area contributed by atoms with Crippen molar-refractivity contribution in [1.82, 2.24) is 40.4 Å². The molecule has 4 heterocycles. The van der Waals surface area contributed by atoms with Crippen LogP contribution in [0.2, 0.25) is 0 Å². The van der Waals surface area contributed by atoms with Gasteiger partial charge in [0, 0.05) is 19.5 Å². The van der Waals surface area contributed by atoms with Crippen molar-refractivity contribution in [2.75, 3.05) is 27.3 Å². The van der Waals surface area contributed by atoms with Crippen LogP contribution in [0.25, 0.3) is 16.8 Å². The third-order valence-electron chi connectivity index (χ3n) is 11.4. The molecule has 2 aromatic heterocycles. The van der Waals surface area contributed by atoms with Crippen LogP contribution in [-0.2, 0) is 24.5 Å². The molecule has 1 unspecified atom stereocenters. The zero-order valence-electron chi connectivity index (χ0n) is 32.3. The van der Waals surface area contributed by atoms with Crippen molar-refractivity contribution in [1.29, 1.82) is 0 Å². The summed E-state index contributed by atoms with van der Waals surface area (Å²) in [7, 11) is 2.54. The molecule has 0 radical (unpaired) electrons. The second-order valence-corrected chi connectivity index (χ2v) is 15.3. The third kappa shape index (κ3) is 8.40. The molecule has 6 rings (SSSR count). The molecule has 3 aliphatic rings. The molecule has 3 aromatic rings. The van der Waals surface area contributed by atoms with Crippen LogP contribution < -0.4 is 10.6 Å². The minimum Gasteiger partial charge on any atom is -0.453 e. The highest BCUT2D eigenvalue weighted by Crippen LogP contribution is 2.42. The maximum atomic E-state index is 13.6. The summed E-state index contributed by atoms with van der Waals surface area (Å²) >= 11 is 0. The Morgan fingerprint density at radius 3 is 2.05 bits per heavy atom. The molecule has 0 spiro atoms. The number of carbonyl (C=O) groups is 4. The number of H-pyrrole nitrogens is 2. The molecule has 0 saturated carbocycles. The Kier molecular flexibility index (Phi) is 12.0. The fourth-order valence-corrected chi connectivity index (χ4v) is 8.07. The van der Waals surface area contributed by atoms with Crippen molar-refractivity contribution in [2.45, 2.75) is 102 Å². The molecule has 1 aromatic carbocycles. The van der Waals surface area contributed by atoms with E-state index in [4.69, 9.17) is 25.9 Å². The Balaban J connectivity index is 1.09. The van der Waals surface area contributed by atoms with Gasteiger partial charge in [0.25, 0.3) is 0 Å². The van der Waals surface area contributed by atoms with Gasteiger partial charge in [-0.05, 0) is 73.0 Å². The van der Waals surface area contributed by atoms with Gasteiger partial charge in [-0.3, -0.25) is 9.59 Å². The molecule has 0 bridgehead atoms. The van der Waals surface area contributed by atoms with E-state index in [1.807, 2.05) is 31.1 Å². The first-order valence-electron chi connectivity index (χ1n) is 19.1. The molecule has 5 atom stereocenters. The van der Waals surface area contributed by atoms with Crippen molar-refractivity contribution in [3.05, 3.63) is 65.6 Å². The number of carbonyl (C=O) groups excluding carboxylic acids is 4. The highest BCUT2D eigenvalue weighted by Gasteiger charge is 2.39. The third-order valence-corrected chi connectivity index (χ3v) is 11.4. The normalized spacial score (nSPS) is 22.1. The predicted molar refractivity (Wildman–Crippen MR) is 206 cm³/mol. The van der Waals surface area contributed by atoms with E-state index < -0.39 is 24.3 Å². The van der Waals surface area contributed by atoms with Gasteiger partial charge < -0.3 is 39.9 Å². The summed E-state index contributed by atoms with van der Waals surface area (Å²) < 4.78 is 9.46. The maximum Gasteiger partial charge on any atom is 0.407 e. The minimum atomic E-state index is -0.862. The van der Waals surface area contributed by atoms with Crippen LogP contribution >= 0.6 is 0 Å². The van der Waals surface area contributed by atoms with E-state index in [1.165, 1.54) is 25.4 Å². The van der Waals surface area contributed by atoms with Crippen LogP contribution in [0.15, 0.2) is 42.7 Å². The first-order valence-corrected chi connectivity index (χ1v) is 19.1. The van der Waals surface area contributed by atoms with Crippen molar-refractivity contribution < 1.29 is 28.7 Å². The highest BCUT2D eigenvalue weighted by molar-refractivity contribution is 5.87. The summed E-state index contributed by atoms with van der Waals surface area (Å²) in [5.41, 5.74) is 5.26. The fourth-order valence-electron chi connectivity index (χ4n) is 8.07. The number of nitrogens with one attached hydrogen (secondary N) is 4. The molecular weight excluding hydrogens is 701 g/mol. The van der Waals surface area contributed by atoms with Crippen LogP contribution in [0.4, 0.5) is 9.59 Å². The number of nitrogens with zero attached hydrogens (tertiary/aromatic N) is 4. The summed E-state index contributed by atoms with van der Waals surface area (Å²) in [5, 5.41) is 5.27. The van der Waals surface area contributed by atoms with Gasteiger partial charge in [0.2, 0.25) is 11.8 Å². The number of hydrogen-bond donors (Lipinski definition) is 4. The number of terminal acetylenes is 1. The van der Waals surface area contributed by atoms with E-state index in [1.54, 1.807) is 4.90 Å². The topological polar surface area (TPSA) is 175 Å². The van der Waals surface area contributed by atoms with Crippen molar-refractivity contribution in [3.63, 3.8) is 0 Å². The summed E-state index contributed by atoms with van der Waals surface area (Å²) in [6.45, 7) is 7.26. The van der Waals surface area contributed by atoms with Gasteiger partial charge in [-0.25, -0.2) is 19.6 Å². The van der Waals surface area contributed by atoms with Crippen molar-refractivity contribution in [3.8, 4) is 23.6 Å². The van der Waals surface area contributed by atoms with Gasteiger partial charge in [0.1, 0.15) is 23.7 Å². The van der Waals surface area contributed by atoms with Gasteiger partial charge in [0.05, 0.1) is 50.1 Å². The number of alkyl carbamates (subject to hydrolysis) is 2. The number of allylic oxidation sites excluding steroid dienone is 2. The molecule has 292 valence electrons. The monoisotopic (exact) mass is 752 g/mol. The number of methoxy groups -OCH3 is 2. The lowest BCUT2D eigenvalue weighted by molar-refractivity contribution is -0.135. The standard InChI is InChI=1S/C41H52N8O6/c1-7-10-29(46-39(52)54-5)37(50)48-21-8-11-32(48)35-43-24-31(45-35)27-17-19-41(4,20-18-27)28-15-13-26(14-16-28)30-23-42-36(44-30)33-12-9-22-49(33)38(51)34(25(2)3)47-40(53)55-6/h1,13-17,23-25,29,32-34H,8-12,18-22H2,2-6H3,(H,42,44)(H,43,45)(H,46,52)(H,47,53)/t29-,32-,33-,34-,41?/m0/s1. The van der Waals surface area contributed by atoms with Crippen LogP contribution in [0.5, 0.6) is 0 Å². The number of imidazole rings is 2. The summed E-state index contributed by atoms with van der Waals surface area (Å²) in [4.78, 5) is 70.7. The number of aromatic amines is 2. The molecule has 2 fully saturated rings. The van der Waals surface area contributed by atoms with Crippen LogP contribution in [0.3, 0.4) is 0 Å². The van der Waals surface area contributed by atoms with Crippen LogP contribution in [0.1, 0.15) is 107 Å². The first-order chi connectivity index (χ1) is 26.5. The van der Waals surface area contributed by atoms with Crippen LogP contribution in [-0.4, -0.2) is 93.1 Å². The van der Waals surface area contributed by atoms with Crippen molar-refractivity contribution >= 4 is 29.6 Å². The van der Waals surface area contributed by atoms with Gasteiger partial charge >= 0.3 is 12.2 Å². The van der Waals surface area contributed by atoms with Crippen LogP contribution in [0, 0.1) is 18.3 Å². The molecule has 4 amide bonds. The molecule has 1 aliphatic carbocycles. The zero-order valence-corrected chi connectivity index (χ0v) is 32.3. The van der Waals surface area contributed by atoms with E-state index in [2.05, 4.69) is 63.8 Å². The maximum absolute atomic E-state index is 13.6. The Labute approximate surface area is 322 Å². The quantitative estimate of drug-likeness (QED) is 0.178. The number of rotatable bonds is 11. The van der Waals surface area contributed by atoms with Gasteiger partial charge in [-0.2, -0.15) is 0 Å². The molecule has 14 nitrogen and oxygen atoms in total. The molecule has 2 aliphatic heterocycles. The number of likely N-dealkylation sites (tertiary alicyclic amines) is 2. The SMILES string of the molecule is C#CC[C@H](NC(=O)OC)C(=O)N1CCC[C@H]1c1ncc(C2=CCC(C)(c3ccc(-c4cnc([C@@H]5CCCN5C(=O)[C@@H](NC(=O)OC)C(C)C)[nH]4)cc3)CC2)[nH]1. The predicted octanol–water partition coefficient (Wildman–Crippen LogP) is 5.78. The summed E-state index contributed by atoms with van der Waals surface area (Å²) in [6, 6.07) is 6.64. The Hall–Kier alpha value is -5.58. The Morgan fingerprint density at radius 1 is 0.909 bits per heavy atom. The fraction of sp³-hybridized carbons (Fsp3) is 0.512. The zero-order chi connectivity index (χ0) is 39.3. The van der Waals surface area contributed by atoms with E-state index in [0.29, 0.717) is 13.1 Å². The average molecular weight is 753 g/mol. The van der Waals surface area contributed by atoms with Gasteiger partial charge in [0.15, 0.2) is 0 Å². The smallest absolute Gasteiger partial charge is 0.407 e. The molecule has 2 saturated heterocycles. The van der Waals surface area contributed by atoms with E-state index >= 15 is 0 Å². The molecule has 55 heavy (non-hydrogen) atoms. The van der Waals surface area contributed by atoms with E-state index in [-0.39, 0.29) is 41.7 Å². The number of benzene rings is 1. The minimum absolute atomic E-state index is 0.0483. The molecule has 14 heteroatoms. The van der Waals surface area contributed by atoms with Gasteiger partial charge in [-0.15, -0.1) is 12.3 Å². The van der Waals surface area contributed by atoms with Gasteiger partial charge in [-0.1, -0.05) is 51.1 Å². The Bertz CT molecular complexity index is 1940. The molecular formula is C41H52N8O6. The lowest BCUT2D eigenvalue weighted by Crippen LogP contribution is -2.51. The largest absolute Gasteiger partial charge is 0.453 e. The number of amides is 4. The first kappa shape index (κ1) is 39.1. The lowest BCUT2D eigenvalue weighted by atomic mass is 9.71. The Morgan fingerprint density at radius 2 is 1.49 bits per heavy atom.